The Morgan fingerprint density at radius 2 is 1.64 bits per heavy atom. The molecule has 2 aromatic rings. The van der Waals surface area contributed by atoms with Gasteiger partial charge in [-0.1, -0.05) is 13.8 Å². The van der Waals surface area contributed by atoms with E-state index in [9.17, 15) is 14.7 Å². The Balaban J connectivity index is 1.86. The van der Waals surface area contributed by atoms with Crippen molar-refractivity contribution in [2.24, 2.45) is 5.10 Å². The molecule has 0 atom stereocenters. The molecule has 0 aromatic heterocycles. The van der Waals surface area contributed by atoms with E-state index in [2.05, 4.69) is 10.5 Å². The quantitative estimate of drug-likeness (QED) is 0.393. The van der Waals surface area contributed by atoms with Crippen LogP contribution in [0.1, 0.15) is 42.6 Å². The zero-order valence-corrected chi connectivity index (χ0v) is 16.0. The van der Waals surface area contributed by atoms with Gasteiger partial charge in [0.15, 0.2) is 6.61 Å². The number of hydrazone groups is 1. The van der Waals surface area contributed by atoms with Gasteiger partial charge in [-0.3, -0.25) is 4.79 Å². The van der Waals surface area contributed by atoms with Crippen LogP contribution in [-0.4, -0.2) is 35.9 Å². The van der Waals surface area contributed by atoms with Crippen molar-refractivity contribution in [3.8, 4) is 11.5 Å². The fourth-order valence-corrected chi connectivity index (χ4v) is 2.28. The molecule has 7 nitrogen and oxygen atoms in total. The van der Waals surface area contributed by atoms with E-state index in [0.717, 1.165) is 12.0 Å². The highest BCUT2D eigenvalue weighted by atomic mass is 16.5. The number of esters is 1. The topological polar surface area (TPSA) is 97.2 Å². The fourth-order valence-electron chi connectivity index (χ4n) is 2.28. The van der Waals surface area contributed by atoms with Gasteiger partial charge in [-0.2, -0.15) is 5.10 Å². The Morgan fingerprint density at radius 1 is 1.00 bits per heavy atom. The van der Waals surface area contributed by atoms with Crippen molar-refractivity contribution < 1.29 is 24.2 Å². The number of amides is 1. The van der Waals surface area contributed by atoms with Crippen LogP contribution in [-0.2, 0) is 9.53 Å². The van der Waals surface area contributed by atoms with Gasteiger partial charge in [0.2, 0.25) is 0 Å². The lowest BCUT2D eigenvalue weighted by atomic mass is 10.1. The second-order valence-corrected chi connectivity index (χ2v) is 5.94. The van der Waals surface area contributed by atoms with Crippen molar-refractivity contribution in [1.29, 1.82) is 0 Å². The summed E-state index contributed by atoms with van der Waals surface area (Å²) in [5.74, 6) is -0.167. The number of ether oxygens (including phenoxy) is 2. The van der Waals surface area contributed by atoms with Crippen LogP contribution in [0.2, 0.25) is 0 Å². The van der Waals surface area contributed by atoms with Crippen molar-refractivity contribution in [3.63, 3.8) is 0 Å². The molecule has 0 fully saturated rings. The maximum atomic E-state index is 12.0. The summed E-state index contributed by atoms with van der Waals surface area (Å²) < 4.78 is 10.5. The van der Waals surface area contributed by atoms with Gasteiger partial charge >= 0.3 is 5.97 Å². The summed E-state index contributed by atoms with van der Waals surface area (Å²) in [4.78, 5) is 23.7. The Kier molecular flexibility index (Phi) is 8.02. The first-order valence-electron chi connectivity index (χ1n) is 9.08. The molecule has 0 bridgehead atoms. The molecule has 0 aliphatic carbocycles. The zero-order valence-electron chi connectivity index (χ0n) is 16.0. The van der Waals surface area contributed by atoms with E-state index in [1.54, 1.807) is 48.5 Å². The largest absolute Gasteiger partial charge is 0.508 e. The van der Waals surface area contributed by atoms with Crippen LogP contribution < -0.4 is 10.2 Å². The maximum Gasteiger partial charge on any atom is 0.338 e. The van der Waals surface area contributed by atoms with Crippen LogP contribution >= 0.6 is 0 Å². The monoisotopic (exact) mass is 384 g/mol. The number of phenols is 1. The predicted molar refractivity (Wildman–Crippen MR) is 106 cm³/mol. The number of hydrogen-bond acceptors (Lipinski definition) is 6. The van der Waals surface area contributed by atoms with Crippen LogP contribution in [0.25, 0.3) is 0 Å². The van der Waals surface area contributed by atoms with Gasteiger partial charge in [-0.15, -0.1) is 0 Å². The number of rotatable bonds is 9. The number of phenolic OH excluding ortho intramolecular Hbond substituents is 1. The Hall–Kier alpha value is -3.35. The normalized spacial score (nSPS) is 11.0. The first kappa shape index (κ1) is 21.0. The minimum Gasteiger partial charge on any atom is -0.508 e. The van der Waals surface area contributed by atoms with E-state index >= 15 is 0 Å². The minimum absolute atomic E-state index is 0.168. The molecule has 2 rings (SSSR count). The van der Waals surface area contributed by atoms with E-state index in [1.807, 2.05) is 13.8 Å². The molecule has 28 heavy (non-hydrogen) atoms. The van der Waals surface area contributed by atoms with Crippen molar-refractivity contribution in [1.82, 2.24) is 5.43 Å². The molecule has 1 amide bonds. The molecular weight excluding hydrogens is 360 g/mol. The standard InChI is InChI=1S/C21H24N2O5/c1-3-13-27-21(26)16-7-11-18(12-8-16)28-14-20(25)23-22-19(4-2)15-5-9-17(24)10-6-15/h5-12,24H,3-4,13-14H2,1-2H3,(H,23,25)/b22-19+. The number of nitrogens with one attached hydrogen (secondary N) is 1. The summed E-state index contributed by atoms with van der Waals surface area (Å²) in [6, 6.07) is 13.0. The molecule has 7 heteroatoms. The molecule has 0 unspecified atom stereocenters. The molecule has 0 heterocycles. The predicted octanol–water partition coefficient (Wildman–Crippen LogP) is 3.27. The molecule has 0 radical (unpaired) electrons. The van der Waals surface area contributed by atoms with E-state index in [-0.39, 0.29) is 18.3 Å². The average molecular weight is 384 g/mol. The highest BCUT2D eigenvalue weighted by Crippen LogP contribution is 2.13. The zero-order chi connectivity index (χ0) is 20.4. The Bertz CT molecular complexity index is 814. The van der Waals surface area contributed by atoms with Gasteiger partial charge in [-0.05, 0) is 66.9 Å². The summed E-state index contributed by atoms with van der Waals surface area (Å²) in [6.07, 6.45) is 1.37. The molecule has 0 saturated carbocycles. The van der Waals surface area contributed by atoms with Gasteiger partial charge in [-0.25, -0.2) is 10.2 Å². The lowest BCUT2D eigenvalue weighted by Gasteiger charge is -2.08. The first-order valence-corrected chi connectivity index (χ1v) is 9.08. The summed E-state index contributed by atoms with van der Waals surface area (Å²) in [6.45, 7) is 4.01. The summed E-state index contributed by atoms with van der Waals surface area (Å²) in [5.41, 5.74) is 4.38. The summed E-state index contributed by atoms with van der Waals surface area (Å²) in [5, 5.41) is 13.5. The number of carbonyl (C=O) groups is 2. The highest BCUT2D eigenvalue weighted by molar-refractivity contribution is 6.01. The number of nitrogens with zero attached hydrogens (tertiary/aromatic N) is 1. The van der Waals surface area contributed by atoms with Gasteiger partial charge in [0.1, 0.15) is 11.5 Å². The third-order valence-electron chi connectivity index (χ3n) is 3.75. The lowest BCUT2D eigenvalue weighted by molar-refractivity contribution is -0.123. The number of carbonyl (C=O) groups excluding carboxylic acids is 2. The fraction of sp³-hybridized carbons (Fsp3) is 0.286. The Morgan fingerprint density at radius 3 is 2.25 bits per heavy atom. The number of aromatic hydroxyl groups is 1. The van der Waals surface area contributed by atoms with E-state index < -0.39 is 5.91 Å². The van der Waals surface area contributed by atoms with Crippen LogP contribution in [0.4, 0.5) is 0 Å². The van der Waals surface area contributed by atoms with Crippen molar-refractivity contribution >= 4 is 17.6 Å². The van der Waals surface area contributed by atoms with Crippen LogP contribution in [0.15, 0.2) is 53.6 Å². The van der Waals surface area contributed by atoms with Gasteiger partial charge in [0.05, 0.1) is 17.9 Å². The molecule has 0 aliphatic rings. The molecule has 2 aromatic carbocycles. The average Bonchev–Trinajstić information content (AvgIpc) is 2.72. The van der Waals surface area contributed by atoms with Crippen LogP contribution in [0, 0.1) is 0 Å². The third kappa shape index (κ3) is 6.42. The molecule has 148 valence electrons. The number of benzene rings is 2. The molecule has 0 aliphatic heterocycles. The van der Waals surface area contributed by atoms with Gasteiger partial charge in [0, 0.05) is 0 Å². The molecule has 2 N–H and O–H groups in total. The van der Waals surface area contributed by atoms with Crippen molar-refractivity contribution in [3.05, 3.63) is 59.7 Å². The second-order valence-electron chi connectivity index (χ2n) is 5.94. The summed E-state index contributed by atoms with van der Waals surface area (Å²) >= 11 is 0. The van der Waals surface area contributed by atoms with E-state index in [1.165, 1.54) is 0 Å². The maximum absolute atomic E-state index is 12.0. The van der Waals surface area contributed by atoms with Crippen molar-refractivity contribution in [2.45, 2.75) is 26.7 Å². The lowest BCUT2D eigenvalue weighted by Crippen LogP contribution is -2.26. The first-order chi connectivity index (χ1) is 13.5. The smallest absolute Gasteiger partial charge is 0.338 e. The molecule has 0 spiro atoms. The van der Waals surface area contributed by atoms with Gasteiger partial charge < -0.3 is 14.6 Å². The molecular formula is C21H24N2O5. The van der Waals surface area contributed by atoms with Crippen LogP contribution in [0.5, 0.6) is 11.5 Å². The third-order valence-corrected chi connectivity index (χ3v) is 3.75. The van der Waals surface area contributed by atoms with E-state index in [4.69, 9.17) is 9.47 Å². The second kappa shape index (κ2) is 10.7. The highest BCUT2D eigenvalue weighted by Gasteiger charge is 2.08. The van der Waals surface area contributed by atoms with Crippen molar-refractivity contribution in [2.75, 3.05) is 13.2 Å². The van der Waals surface area contributed by atoms with E-state index in [0.29, 0.717) is 30.1 Å². The van der Waals surface area contributed by atoms with Crippen LogP contribution in [0.3, 0.4) is 0 Å². The Labute approximate surface area is 164 Å². The minimum atomic E-state index is -0.406. The SMILES string of the molecule is CCCOC(=O)c1ccc(OCC(=O)N/N=C(\CC)c2ccc(O)cc2)cc1. The molecule has 0 saturated heterocycles. The number of hydrogen-bond donors (Lipinski definition) is 2. The van der Waals surface area contributed by atoms with Gasteiger partial charge in [0.25, 0.3) is 5.91 Å². The summed E-state index contributed by atoms with van der Waals surface area (Å²) in [7, 11) is 0.